The predicted octanol–water partition coefficient (Wildman–Crippen LogP) is 4.06. The molecule has 0 aromatic carbocycles. The van der Waals surface area contributed by atoms with Gasteiger partial charge >= 0.3 is 0 Å². The molecule has 0 saturated heterocycles. The minimum atomic E-state index is 0.722. The van der Waals surface area contributed by atoms with Gasteiger partial charge in [0.05, 0.1) is 0 Å². The molecular weight excluding hydrogens is 220 g/mol. The topological polar surface area (TPSA) is 15.3 Å². The highest BCUT2D eigenvalue weighted by molar-refractivity contribution is 4.69. The Morgan fingerprint density at radius 2 is 1.61 bits per heavy atom. The van der Waals surface area contributed by atoms with Crippen LogP contribution in [0, 0.1) is 0 Å². The SMILES string of the molecule is CCCCN(CCCC(CC)NCC)C(C)CC. The van der Waals surface area contributed by atoms with Gasteiger partial charge in [-0.15, -0.1) is 0 Å². The van der Waals surface area contributed by atoms with Crippen LogP contribution in [-0.4, -0.2) is 36.6 Å². The van der Waals surface area contributed by atoms with Crippen molar-refractivity contribution in [2.45, 2.75) is 85.2 Å². The van der Waals surface area contributed by atoms with E-state index in [1.807, 2.05) is 0 Å². The Hall–Kier alpha value is -0.0800. The molecule has 2 atom stereocenters. The van der Waals surface area contributed by atoms with Crippen LogP contribution in [-0.2, 0) is 0 Å². The average Bonchev–Trinajstić information content (AvgIpc) is 2.40. The Balaban J connectivity index is 3.93. The van der Waals surface area contributed by atoms with Gasteiger partial charge in [0.25, 0.3) is 0 Å². The van der Waals surface area contributed by atoms with Gasteiger partial charge in [0.1, 0.15) is 0 Å². The zero-order valence-electron chi connectivity index (χ0n) is 13.5. The van der Waals surface area contributed by atoms with Gasteiger partial charge in [0, 0.05) is 12.1 Å². The molecule has 0 aliphatic carbocycles. The van der Waals surface area contributed by atoms with Crippen molar-refractivity contribution in [1.82, 2.24) is 10.2 Å². The van der Waals surface area contributed by atoms with Gasteiger partial charge in [-0.1, -0.05) is 34.1 Å². The average molecular weight is 256 g/mol. The van der Waals surface area contributed by atoms with Crippen molar-refractivity contribution in [3.63, 3.8) is 0 Å². The maximum Gasteiger partial charge on any atom is 0.00647 e. The summed E-state index contributed by atoms with van der Waals surface area (Å²) < 4.78 is 0. The molecule has 0 radical (unpaired) electrons. The van der Waals surface area contributed by atoms with Gasteiger partial charge in [0.2, 0.25) is 0 Å². The molecule has 0 fully saturated rings. The van der Waals surface area contributed by atoms with Crippen molar-refractivity contribution in [2.24, 2.45) is 0 Å². The lowest BCUT2D eigenvalue weighted by Crippen LogP contribution is -2.35. The first-order chi connectivity index (χ1) is 8.69. The third-order valence-corrected chi connectivity index (χ3v) is 4.00. The Morgan fingerprint density at radius 3 is 2.11 bits per heavy atom. The maximum atomic E-state index is 3.57. The molecule has 0 bridgehead atoms. The van der Waals surface area contributed by atoms with Crippen molar-refractivity contribution >= 4 is 0 Å². The summed E-state index contributed by atoms with van der Waals surface area (Å²) in [5.74, 6) is 0. The van der Waals surface area contributed by atoms with Gasteiger partial charge in [-0.05, 0) is 58.7 Å². The number of hydrogen-bond acceptors (Lipinski definition) is 2. The van der Waals surface area contributed by atoms with Crippen molar-refractivity contribution in [2.75, 3.05) is 19.6 Å². The van der Waals surface area contributed by atoms with Gasteiger partial charge in [0.15, 0.2) is 0 Å². The monoisotopic (exact) mass is 256 g/mol. The third-order valence-electron chi connectivity index (χ3n) is 4.00. The summed E-state index contributed by atoms with van der Waals surface area (Å²) >= 11 is 0. The molecular formula is C16H36N2. The number of hydrogen-bond donors (Lipinski definition) is 1. The number of nitrogens with one attached hydrogen (secondary N) is 1. The molecule has 1 N–H and O–H groups in total. The van der Waals surface area contributed by atoms with Crippen molar-refractivity contribution < 1.29 is 0 Å². The number of rotatable bonds is 12. The predicted molar refractivity (Wildman–Crippen MR) is 83.2 cm³/mol. The second-order valence-electron chi connectivity index (χ2n) is 5.45. The lowest BCUT2D eigenvalue weighted by Gasteiger charge is -2.29. The summed E-state index contributed by atoms with van der Waals surface area (Å²) in [7, 11) is 0. The van der Waals surface area contributed by atoms with Crippen LogP contribution in [0.15, 0.2) is 0 Å². The van der Waals surface area contributed by atoms with Gasteiger partial charge < -0.3 is 10.2 Å². The van der Waals surface area contributed by atoms with Crippen LogP contribution in [0.1, 0.15) is 73.1 Å². The first-order valence-corrected chi connectivity index (χ1v) is 8.16. The summed E-state index contributed by atoms with van der Waals surface area (Å²) in [6.07, 6.45) is 7.83. The van der Waals surface area contributed by atoms with E-state index in [0.29, 0.717) is 0 Å². The summed E-state index contributed by atoms with van der Waals surface area (Å²) in [6, 6.07) is 1.47. The molecule has 0 heterocycles. The first-order valence-electron chi connectivity index (χ1n) is 8.16. The first kappa shape index (κ1) is 17.9. The van der Waals surface area contributed by atoms with E-state index in [1.165, 1.54) is 51.6 Å². The molecule has 0 saturated carbocycles. The zero-order chi connectivity index (χ0) is 13.8. The highest BCUT2D eigenvalue weighted by atomic mass is 15.1. The standard InChI is InChI=1S/C16H36N2/c1-6-10-13-18(15(5)7-2)14-11-12-16(8-3)17-9-4/h15-17H,6-14H2,1-5H3. The van der Waals surface area contributed by atoms with E-state index in [2.05, 4.69) is 44.8 Å². The molecule has 2 heteroatoms. The molecule has 0 aliphatic rings. The fraction of sp³-hybridized carbons (Fsp3) is 1.00. The maximum absolute atomic E-state index is 3.57. The van der Waals surface area contributed by atoms with Crippen molar-refractivity contribution in [3.05, 3.63) is 0 Å². The fourth-order valence-electron chi connectivity index (χ4n) is 2.45. The zero-order valence-corrected chi connectivity index (χ0v) is 13.5. The minimum Gasteiger partial charge on any atom is -0.314 e. The van der Waals surface area contributed by atoms with E-state index in [4.69, 9.17) is 0 Å². The quantitative estimate of drug-likeness (QED) is 0.566. The van der Waals surface area contributed by atoms with E-state index in [-0.39, 0.29) is 0 Å². The molecule has 0 aromatic heterocycles. The molecule has 2 unspecified atom stereocenters. The Morgan fingerprint density at radius 1 is 0.944 bits per heavy atom. The van der Waals surface area contributed by atoms with Crippen LogP contribution >= 0.6 is 0 Å². The summed E-state index contributed by atoms with van der Waals surface area (Å²) in [6.45, 7) is 15.1. The lowest BCUT2D eigenvalue weighted by atomic mass is 10.1. The highest BCUT2D eigenvalue weighted by Crippen LogP contribution is 2.09. The van der Waals surface area contributed by atoms with E-state index >= 15 is 0 Å². The summed E-state index contributed by atoms with van der Waals surface area (Å²) in [5.41, 5.74) is 0. The van der Waals surface area contributed by atoms with E-state index in [1.54, 1.807) is 0 Å². The summed E-state index contributed by atoms with van der Waals surface area (Å²) in [5, 5.41) is 3.57. The second kappa shape index (κ2) is 12.0. The number of unbranched alkanes of at least 4 members (excludes halogenated alkanes) is 1. The molecule has 2 nitrogen and oxygen atoms in total. The van der Waals surface area contributed by atoms with Crippen LogP contribution in [0.5, 0.6) is 0 Å². The Labute approximate surface area is 116 Å². The molecule has 0 aliphatic heterocycles. The molecule has 0 rings (SSSR count). The van der Waals surface area contributed by atoms with E-state index in [9.17, 15) is 0 Å². The largest absolute Gasteiger partial charge is 0.314 e. The molecule has 0 amide bonds. The smallest absolute Gasteiger partial charge is 0.00647 e. The van der Waals surface area contributed by atoms with Crippen LogP contribution in [0.4, 0.5) is 0 Å². The minimum absolute atomic E-state index is 0.722. The van der Waals surface area contributed by atoms with Crippen LogP contribution in [0.3, 0.4) is 0 Å². The molecule has 0 spiro atoms. The van der Waals surface area contributed by atoms with Gasteiger partial charge in [-0.3, -0.25) is 0 Å². The van der Waals surface area contributed by atoms with Gasteiger partial charge in [-0.25, -0.2) is 0 Å². The molecule has 0 aromatic rings. The third kappa shape index (κ3) is 8.10. The van der Waals surface area contributed by atoms with E-state index in [0.717, 1.165) is 18.6 Å². The Bertz CT molecular complexity index is 170. The van der Waals surface area contributed by atoms with Crippen LogP contribution in [0.2, 0.25) is 0 Å². The van der Waals surface area contributed by atoms with Crippen molar-refractivity contribution in [1.29, 1.82) is 0 Å². The molecule has 18 heavy (non-hydrogen) atoms. The summed E-state index contributed by atoms with van der Waals surface area (Å²) in [4.78, 5) is 2.68. The van der Waals surface area contributed by atoms with Crippen LogP contribution in [0.25, 0.3) is 0 Å². The van der Waals surface area contributed by atoms with Crippen LogP contribution < -0.4 is 5.32 Å². The second-order valence-corrected chi connectivity index (χ2v) is 5.45. The normalized spacial score (nSPS) is 15.0. The van der Waals surface area contributed by atoms with Gasteiger partial charge in [-0.2, -0.15) is 0 Å². The molecule has 110 valence electrons. The van der Waals surface area contributed by atoms with E-state index < -0.39 is 0 Å². The highest BCUT2D eigenvalue weighted by Gasteiger charge is 2.12. The number of nitrogens with zero attached hydrogens (tertiary/aromatic N) is 1. The lowest BCUT2D eigenvalue weighted by molar-refractivity contribution is 0.194. The fourth-order valence-corrected chi connectivity index (χ4v) is 2.45. The Kier molecular flexibility index (Phi) is 11.9. The van der Waals surface area contributed by atoms with Crippen molar-refractivity contribution in [3.8, 4) is 0 Å².